The fraction of sp³-hybridized carbons (Fsp3) is 0.895. The minimum absolute atomic E-state index is 0.168. The molecule has 0 aromatic heterocycles. The number of nitrogens with one attached hydrogen (secondary N) is 2. The van der Waals surface area contributed by atoms with Crippen LogP contribution in [0.15, 0.2) is 12.2 Å². The van der Waals surface area contributed by atoms with Crippen LogP contribution in [0.4, 0.5) is 0 Å². The van der Waals surface area contributed by atoms with Gasteiger partial charge in [-0.05, 0) is 71.9 Å². The zero-order valence-corrected chi connectivity index (χ0v) is 16.2. The molecule has 1 fully saturated rings. The Kier molecular flexibility index (Phi) is 13.2. The Morgan fingerprint density at radius 3 is 2.16 bits per heavy atom. The zero-order valence-electron chi connectivity index (χ0n) is 16.2. The van der Waals surface area contributed by atoms with Crippen molar-refractivity contribution in [1.82, 2.24) is 20.4 Å². The lowest BCUT2D eigenvalue weighted by molar-refractivity contribution is 0.113. The highest BCUT2D eigenvalue weighted by molar-refractivity contribution is 4.93. The third-order valence-corrected chi connectivity index (χ3v) is 4.75. The summed E-state index contributed by atoms with van der Waals surface area (Å²) < 4.78 is 0. The molecular weight excluding hydrogens is 316 g/mol. The summed E-state index contributed by atoms with van der Waals surface area (Å²) in [4.78, 5) is 4.77. The van der Waals surface area contributed by atoms with E-state index in [0.29, 0.717) is 0 Å². The van der Waals surface area contributed by atoms with Crippen LogP contribution in [0.25, 0.3) is 0 Å². The van der Waals surface area contributed by atoms with Gasteiger partial charge in [-0.15, -0.1) is 6.58 Å². The van der Waals surface area contributed by atoms with Crippen LogP contribution in [-0.2, 0) is 0 Å². The summed E-state index contributed by atoms with van der Waals surface area (Å²) in [6, 6.07) is 0.168. The fourth-order valence-corrected chi connectivity index (χ4v) is 3.42. The predicted molar refractivity (Wildman–Crippen MR) is 105 cm³/mol. The smallest absolute Gasteiger partial charge is 0.0589 e. The zero-order chi connectivity index (χ0) is 18.3. The molecule has 0 aromatic carbocycles. The first-order chi connectivity index (χ1) is 12.2. The summed E-state index contributed by atoms with van der Waals surface area (Å²) in [7, 11) is 0. The van der Waals surface area contributed by atoms with Crippen molar-refractivity contribution in [3.8, 4) is 0 Å². The van der Waals surface area contributed by atoms with Crippen molar-refractivity contribution in [3.63, 3.8) is 0 Å². The molecule has 6 heteroatoms. The fourth-order valence-electron chi connectivity index (χ4n) is 3.42. The molecule has 1 atom stereocenters. The number of hydrogen-bond donors (Lipinski definition) is 4. The predicted octanol–water partition coefficient (Wildman–Crippen LogP) is 0.273. The van der Waals surface area contributed by atoms with Gasteiger partial charge in [-0.2, -0.15) is 0 Å². The van der Waals surface area contributed by atoms with Gasteiger partial charge in [0, 0.05) is 25.7 Å². The maximum atomic E-state index is 9.82. The molecule has 1 saturated heterocycles. The van der Waals surface area contributed by atoms with E-state index in [1.165, 1.54) is 0 Å². The molecule has 0 bridgehead atoms. The van der Waals surface area contributed by atoms with Crippen molar-refractivity contribution in [2.24, 2.45) is 0 Å². The molecule has 4 N–H and O–H groups in total. The second kappa shape index (κ2) is 14.6. The van der Waals surface area contributed by atoms with Crippen molar-refractivity contribution >= 4 is 0 Å². The van der Waals surface area contributed by atoms with Crippen LogP contribution in [0.2, 0.25) is 0 Å². The van der Waals surface area contributed by atoms with Gasteiger partial charge in [-0.3, -0.25) is 4.90 Å². The Hall–Kier alpha value is -0.500. The average molecular weight is 357 g/mol. The van der Waals surface area contributed by atoms with Gasteiger partial charge in [-0.25, -0.2) is 0 Å². The van der Waals surface area contributed by atoms with E-state index in [1.54, 1.807) is 0 Å². The first-order valence-corrected chi connectivity index (χ1v) is 9.91. The maximum absolute atomic E-state index is 9.82. The van der Waals surface area contributed by atoms with E-state index in [9.17, 15) is 10.2 Å². The van der Waals surface area contributed by atoms with E-state index in [2.05, 4.69) is 27.0 Å². The van der Waals surface area contributed by atoms with E-state index < -0.39 is 0 Å². The van der Waals surface area contributed by atoms with E-state index >= 15 is 0 Å². The van der Waals surface area contributed by atoms with E-state index in [1.807, 2.05) is 6.92 Å². The minimum atomic E-state index is 0.168. The Labute approximate surface area is 154 Å². The van der Waals surface area contributed by atoms with Crippen molar-refractivity contribution < 1.29 is 10.2 Å². The van der Waals surface area contributed by atoms with Crippen molar-refractivity contribution in [2.45, 2.75) is 38.6 Å². The quantitative estimate of drug-likeness (QED) is 0.512. The van der Waals surface area contributed by atoms with Gasteiger partial charge >= 0.3 is 0 Å². The first-order valence-electron chi connectivity index (χ1n) is 9.91. The van der Waals surface area contributed by atoms with Crippen molar-refractivity contribution in [3.05, 3.63) is 12.2 Å². The summed E-state index contributed by atoms with van der Waals surface area (Å²) in [5.41, 5.74) is 1.13. The number of nitrogens with zero attached hydrogens (tertiary/aromatic N) is 2. The third-order valence-electron chi connectivity index (χ3n) is 4.75. The lowest BCUT2D eigenvalue weighted by atomic mass is 10.1. The van der Waals surface area contributed by atoms with Crippen molar-refractivity contribution in [2.75, 3.05) is 72.1 Å². The molecule has 0 saturated carbocycles. The Morgan fingerprint density at radius 2 is 1.56 bits per heavy atom. The van der Waals surface area contributed by atoms with Gasteiger partial charge in [0.25, 0.3) is 0 Å². The summed E-state index contributed by atoms with van der Waals surface area (Å²) >= 11 is 0. The molecule has 0 spiro atoms. The van der Waals surface area contributed by atoms with Gasteiger partial charge in [0.2, 0.25) is 0 Å². The maximum Gasteiger partial charge on any atom is 0.0589 e. The van der Waals surface area contributed by atoms with Gasteiger partial charge in [0.15, 0.2) is 0 Å². The number of aliphatic hydroxyl groups excluding tert-OH is 2. The van der Waals surface area contributed by atoms with Gasteiger partial charge in [0.1, 0.15) is 0 Å². The molecule has 1 rings (SSSR count). The van der Waals surface area contributed by atoms with E-state index in [0.717, 1.165) is 90.2 Å². The highest BCUT2D eigenvalue weighted by Crippen LogP contribution is 2.11. The van der Waals surface area contributed by atoms with Gasteiger partial charge < -0.3 is 25.7 Å². The van der Waals surface area contributed by atoms with Crippen LogP contribution in [-0.4, -0.2) is 98.2 Å². The summed E-state index contributed by atoms with van der Waals surface area (Å²) in [6.45, 7) is 15.2. The SMILES string of the molecule is C=C(C)CC(CO)N1CCCNCCNCCCN(CCO)CCC1. The molecule has 6 nitrogen and oxygen atoms in total. The minimum Gasteiger partial charge on any atom is -0.395 e. The molecule has 1 aliphatic rings. The Morgan fingerprint density at radius 1 is 0.960 bits per heavy atom. The van der Waals surface area contributed by atoms with Crippen LogP contribution in [0, 0.1) is 0 Å². The van der Waals surface area contributed by atoms with Crippen molar-refractivity contribution in [1.29, 1.82) is 0 Å². The van der Waals surface area contributed by atoms with E-state index in [4.69, 9.17) is 0 Å². The number of aliphatic hydroxyl groups is 2. The molecule has 0 radical (unpaired) electrons. The normalized spacial score (nSPS) is 22.0. The van der Waals surface area contributed by atoms with Crippen LogP contribution in [0.1, 0.15) is 32.6 Å². The van der Waals surface area contributed by atoms with Gasteiger partial charge in [0.05, 0.1) is 13.2 Å². The molecular formula is C19H40N4O2. The second-order valence-electron chi connectivity index (χ2n) is 7.16. The Balaban J connectivity index is 2.60. The molecule has 0 aromatic rings. The molecule has 1 aliphatic heterocycles. The van der Waals surface area contributed by atoms with Gasteiger partial charge in [-0.1, -0.05) is 5.57 Å². The summed E-state index contributed by atoms with van der Waals surface area (Å²) in [5.74, 6) is 0. The molecule has 1 unspecified atom stereocenters. The van der Waals surface area contributed by atoms with Crippen LogP contribution < -0.4 is 10.6 Å². The highest BCUT2D eigenvalue weighted by atomic mass is 16.3. The standard InChI is InChI=1S/C19H40N4O2/c1-18(2)16-19(17-25)23-12-4-7-21-9-8-20-6-3-10-22(14-15-24)11-5-13-23/h19-21,24-25H,1,3-17H2,2H3. The molecule has 0 aliphatic carbocycles. The second-order valence-corrected chi connectivity index (χ2v) is 7.16. The lowest BCUT2D eigenvalue weighted by Gasteiger charge is -2.32. The Bertz CT molecular complexity index is 341. The van der Waals surface area contributed by atoms with E-state index in [-0.39, 0.29) is 19.3 Å². The van der Waals surface area contributed by atoms with Crippen LogP contribution >= 0.6 is 0 Å². The lowest BCUT2D eigenvalue weighted by Crippen LogP contribution is -2.41. The first kappa shape index (κ1) is 22.5. The third kappa shape index (κ3) is 10.9. The highest BCUT2D eigenvalue weighted by Gasteiger charge is 2.18. The molecule has 1 heterocycles. The molecule has 25 heavy (non-hydrogen) atoms. The topological polar surface area (TPSA) is 71.0 Å². The number of rotatable bonds is 6. The molecule has 0 amide bonds. The molecule has 148 valence electrons. The van der Waals surface area contributed by atoms with Crippen LogP contribution in [0.5, 0.6) is 0 Å². The largest absolute Gasteiger partial charge is 0.395 e. The monoisotopic (exact) mass is 356 g/mol. The van der Waals surface area contributed by atoms with Crippen LogP contribution in [0.3, 0.4) is 0 Å². The summed E-state index contributed by atoms with van der Waals surface area (Å²) in [6.07, 6.45) is 4.12. The average Bonchev–Trinajstić information content (AvgIpc) is 2.59. The number of β-amino-alcohol motifs (C(OH)–C–C–N with tert-alkyl or cyclic N) is 1. The summed E-state index contributed by atoms with van der Waals surface area (Å²) in [5, 5.41) is 26.1. The number of hydrogen-bond acceptors (Lipinski definition) is 6.